The monoisotopic (exact) mass is 232 g/mol. The fraction of sp³-hybridized carbons (Fsp3) is 0.812. The van der Waals surface area contributed by atoms with Crippen molar-refractivity contribution < 1.29 is 4.79 Å². The first-order chi connectivity index (χ1) is 8.04. The summed E-state index contributed by atoms with van der Waals surface area (Å²) in [6, 6.07) is 0. The summed E-state index contributed by atoms with van der Waals surface area (Å²) in [5.41, 5.74) is 1.64. The van der Waals surface area contributed by atoms with Crippen molar-refractivity contribution in [3.05, 3.63) is 11.6 Å². The van der Waals surface area contributed by atoms with Crippen molar-refractivity contribution >= 4 is 5.78 Å². The van der Waals surface area contributed by atoms with E-state index in [2.05, 4.69) is 26.8 Å². The van der Waals surface area contributed by atoms with Gasteiger partial charge in [0.2, 0.25) is 0 Å². The summed E-state index contributed by atoms with van der Waals surface area (Å²) < 4.78 is 0. The largest absolute Gasteiger partial charge is 0.295 e. The molecule has 0 amide bonds. The summed E-state index contributed by atoms with van der Waals surface area (Å²) in [5, 5.41) is 0. The number of carbonyl (C=O) groups is 1. The minimum absolute atomic E-state index is 0.436. The van der Waals surface area contributed by atoms with Crippen molar-refractivity contribution in [1.29, 1.82) is 0 Å². The fourth-order valence-corrected chi connectivity index (χ4v) is 4.98. The molecule has 4 atom stereocenters. The molecular weight excluding hydrogens is 208 g/mol. The summed E-state index contributed by atoms with van der Waals surface area (Å²) in [6.45, 7) is 7.14. The Morgan fingerprint density at radius 2 is 2.12 bits per heavy atom. The van der Waals surface area contributed by atoms with Crippen molar-refractivity contribution in [1.82, 2.24) is 0 Å². The molecule has 0 aliphatic heterocycles. The van der Waals surface area contributed by atoms with Crippen LogP contribution in [0.4, 0.5) is 0 Å². The van der Waals surface area contributed by atoms with E-state index < -0.39 is 0 Å². The Morgan fingerprint density at radius 3 is 2.82 bits per heavy atom. The zero-order valence-corrected chi connectivity index (χ0v) is 11.3. The molecule has 0 aromatic carbocycles. The summed E-state index contributed by atoms with van der Waals surface area (Å²) in [5.74, 6) is 3.25. The molecule has 3 aliphatic rings. The molecular formula is C16H24O. The highest BCUT2D eigenvalue weighted by molar-refractivity contribution is 5.97. The molecule has 0 N–H and O–H groups in total. The first-order valence-corrected chi connectivity index (χ1v) is 7.27. The molecule has 0 heterocycles. The first kappa shape index (κ1) is 11.5. The van der Waals surface area contributed by atoms with Gasteiger partial charge in [-0.05, 0) is 60.3 Å². The molecule has 3 rings (SSSR count). The van der Waals surface area contributed by atoms with Crippen molar-refractivity contribution in [3.8, 4) is 0 Å². The van der Waals surface area contributed by atoms with Crippen LogP contribution in [0, 0.1) is 29.1 Å². The molecule has 17 heavy (non-hydrogen) atoms. The van der Waals surface area contributed by atoms with Gasteiger partial charge in [0.05, 0.1) is 0 Å². The Morgan fingerprint density at radius 1 is 1.35 bits per heavy atom. The average Bonchev–Trinajstić information content (AvgIpc) is 2.84. The quantitative estimate of drug-likeness (QED) is 0.668. The molecule has 0 aromatic rings. The number of fused-ring (bicyclic) bond motifs is 3. The van der Waals surface area contributed by atoms with Crippen LogP contribution in [0.1, 0.15) is 52.9 Å². The van der Waals surface area contributed by atoms with E-state index in [1.54, 1.807) is 0 Å². The van der Waals surface area contributed by atoms with Gasteiger partial charge in [-0.25, -0.2) is 0 Å². The maximum absolute atomic E-state index is 12.3. The van der Waals surface area contributed by atoms with Crippen LogP contribution in [0.25, 0.3) is 0 Å². The molecule has 0 spiro atoms. The lowest BCUT2D eigenvalue weighted by Gasteiger charge is -2.45. The third-order valence-corrected chi connectivity index (χ3v) is 5.95. The van der Waals surface area contributed by atoms with Gasteiger partial charge in [-0.1, -0.05) is 26.8 Å². The Labute approximate surface area is 105 Å². The zero-order valence-electron chi connectivity index (χ0n) is 11.3. The van der Waals surface area contributed by atoms with Crippen LogP contribution in [0.3, 0.4) is 0 Å². The lowest BCUT2D eigenvalue weighted by atomic mass is 9.59. The Bertz CT molecular complexity index is 379. The van der Waals surface area contributed by atoms with Crippen LogP contribution >= 0.6 is 0 Å². The maximum Gasteiger partial charge on any atom is 0.159 e. The first-order valence-electron chi connectivity index (χ1n) is 7.27. The average molecular weight is 232 g/mol. The highest BCUT2D eigenvalue weighted by atomic mass is 16.1. The van der Waals surface area contributed by atoms with Gasteiger partial charge in [-0.15, -0.1) is 0 Å². The topological polar surface area (TPSA) is 17.1 Å². The Hall–Kier alpha value is -0.590. The lowest BCUT2D eigenvalue weighted by Crippen LogP contribution is -2.41. The number of ketones is 1. The lowest BCUT2D eigenvalue weighted by molar-refractivity contribution is -0.121. The van der Waals surface area contributed by atoms with Crippen LogP contribution in [-0.2, 0) is 4.79 Å². The zero-order chi connectivity index (χ0) is 12.2. The van der Waals surface area contributed by atoms with Crippen LogP contribution in [0.15, 0.2) is 11.6 Å². The molecule has 3 aliphatic carbocycles. The highest BCUT2D eigenvalue weighted by Crippen LogP contribution is 2.61. The van der Waals surface area contributed by atoms with Gasteiger partial charge in [-0.2, -0.15) is 0 Å². The van der Waals surface area contributed by atoms with Gasteiger partial charge in [0.15, 0.2) is 5.78 Å². The van der Waals surface area contributed by atoms with Crippen LogP contribution < -0.4 is 0 Å². The van der Waals surface area contributed by atoms with E-state index in [0.29, 0.717) is 23.0 Å². The number of Topliss-reactive ketones (excluding diaryl/α,β-unsaturated/α-hetero) is 1. The van der Waals surface area contributed by atoms with E-state index in [1.165, 1.54) is 24.8 Å². The second-order valence-electron chi connectivity index (χ2n) is 6.98. The molecule has 94 valence electrons. The van der Waals surface area contributed by atoms with Crippen molar-refractivity contribution in [3.63, 3.8) is 0 Å². The SMILES string of the molecule is CC(C)[C@H]1CC[C@@]2(C)[C@@H]3CCC=C3C(=O)C[C@H]12. The summed E-state index contributed by atoms with van der Waals surface area (Å²) in [6.07, 6.45) is 8.13. The Kier molecular flexibility index (Phi) is 2.50. The molecule has 2 saturated carbocycles. The second kappa shape index (κ2) is 3.70. The third-order valence-electron chi connectivity index (χ3n) is 5.95. The fourth-order valence-electron chi connectivity index (χ4n) is 4.98. The molecule has 0 bridgehead atoms. The predicted octanol–water partition coefficient (Wildman–Crippen LogP) is 3.98. The summed E-state index contributed by atoms with van der Waals surface area (Å²) in [4.78, 5) is 12.3. The van der Waals surface area contributed by atoms with E-state index in [9.17, 15) is 4.79 Å². The maximum atomic E-state index is 12.3. The summed E-state index contributed by atoms with van der Waals surface area (Å²) >= 11 is 0. The minimum atomic E-state index is 0.436. The smallest absolute Gasteiger partial charge is 0.159 e. The predicted molar refractivity (Wildman–Crippen MR) is 69.6 cm³/mol. The molecule has 1 heteroatoms. The summed E-state index contributed by atoms with van der Waals surface area (Å²) in [7, 11) is 0. The third kappa shape index (κ3) is 1.47. The molecule has 0 radical (unpaired) electrons. The van der Waals surface area contributed by atoms with E-state index in [1.807, 2.05) is 0 Å². The van der Waals surface area contributed by atoms with Crippen LogP contribution in [0.2, 0.25) is 0 Å². The van der Waals surface area contributed by atoms with Crippen molar-refractivity contribution in [2.24, 2.45) is 29.1 Å². The number of allylic oxidation sites excluding steroid dienone is 2. The van der Waals surface area contributed by atoms with E-state index in [-0.39, 0.29) is 0 Å². The van der Waals surface area contributed by atoms with E-state index >= 15 is 0 Å². The van der Waals surface area contributed by atoms with Gasteiger partial charge < -0.3 is 0 Å². The Balaban J connectivity index is 1.96. The van der Waals surface area contributed by atoms with Gasteiger partial charge in [-0.3, -0.25) is 4.79 Å². The molecule has 2 fully saturated rings. The molecule has 0 unspecified atom stereocenters. The molecule has 0 aromatic heterocycles. The van der Waals surface area contributed by atoms with Crippen molar-refractivity contribution in [2.75, 3.05) is 0 Å². The van der Waals surface area contributed by atoms with Crippen LogP contribution in [0.5, 0.6) is 0 Å². The van der Waals surface area contributed by atoms with E-state index in [0.717, 1.165) is 24.7 Å². The van der Waals surface area contributed by atoms with Gasteiger partial charge >= 0.3 is 0 Å². The van der Waals surface area contributed by atoms with Crippen LogP contribution in [-0.4, -0.2) is 5.78 Å². The van der Waals surface area contributed by atoms with Gasteiger partial charge in [0, 0.05) is 6.42 Å². The number of rotatable bonds is 1. The number of hydrogen-bond acceptors (Lipinski definition) is 1. The van der Waals surface area contributed by atoms with E-state index in [4.69, 9.17) is 0 Å². The normalized spacial score (nSPS) is 44.8. The number of hydrogen-bond donors (Lipinski definition) is 0. The van der Waals surface area contributed by atoms with Crippen molar-refractivity contribution in [2.45, 2.75) is 52.9 Å². The molecule has 0 saturated heterocycles. The van der Waals surface area contributed by atoms with Gasteiger partial charge in [0.1, 0.15) is 0 Å². The number of carbonyl (C=O) groups excluding carboxylic acids is 1. The van der Waals surface area contributed by atoms with Gasteiger partial charge in [0.25, 0.3) is 0 Å². The molecule has 1 nitrogen and oxygen atoms in total. The minimum Gasteiger partial charge on any atom is -0.295 e. The standard InChI is InChI=1S/C16H24O/c1-10(2)11-7-8-16(3)13-6-4-5-12(13)15(17)9-14(11)16/h5,10-11,13-14H,4,6-9H2,1-3H3/t11-,13-,14-,16+/m1/s1. The highest BCUT2D eigenvalue weighted by Gasteiger charge is 2.55. The second-order valence-corrected chi connectivity index (χ2v) is 6.98.